The van der Waals surface area contributed by atoms with Crippen molar-refractivity contribution >= 4 is 7.32 Å². The molecule has 270 valence electrons. The van der Waals surface area contributed by atoms with Crippen molar-refractivity contribution in [3.8, 4) is 52.8 Å². The summed E-state index contributed by atoms with van der Waals surface area (Å²) in [7, 11) is -2.82. The van der Waals surface area contributed by atoms with Gasteiger partial charge in [0.2, 0.25) is 17.5 Å². The maximum Gasteiger partial charge on any atom is 0.864 e. The Hall–Kier alpha value is -4.95. The standard InChI is InChI=1S/C36H24BF9O6/c1-34(13-47-14-34)7-4-19-22(38)10-25(31(44)28(19)41)50-37(51-26-11-23(39)20(29(42)32(26)45)5-8-35(2)15-48-16-35)52-27-12-24(40)21(30(43)33(27)46)6-9-36(3)17-49-18-36/h10-12H,13-18H2,1-3H3. The summed E-state index contributed by atoms with van der Waals surface area (Å²) in [5.74, 6) is -5.55. The van der Waals surface area contributed by atoms with Crippen LogP contribution in [0.5, 0.6) is 17.2 Å². The van der Waals surface area contributed by atoms with Crippen molar-refractivity contribution in [2.75, 3.05) is 39.6 Å². The molecule has 16 heteroatoms. The largest absolute Gasteiger partial charge is 0.864 e. The molecule has 0 unspecified atom stereocenters. The van der Waals surface area contributed by atoms with Crippen LogP contribution < -0.4 is 14.0 Å². The van der Waals surface area contributed by atoms with Gasteiger partial charge in [0.25, 0.3) is 0 Å². The lowest BCUT2D eigenvalue weighted by molar-refractivity contribution is -0.0648. The van der Waals surface area contributed by atoms with Crippen LogP contribution in [0.4, 0.5) is 39.5 Å². The summed E-state index contributed by atoms with van der Waals surface area (Å²) in [4.78, 5) is 0. The minimum absolute atomic E-state index is 0.155. The molecule has 0 atom stereocenters. The number of rotatable bonds is 6. The maximum atomic E-state index is 15.2. The van der Waals surface area contributed by atoms with E-state index in [0.717, 1.165) is 0 Å². The van der Waals surface area contributed by atoms with Crippen LogP contribution >= 0.6 is 0 Å². The first-order valence-corrected chi connectivity index (χ1v) is 15.4. The van der Waals surface area contributed by atoms with Crippen molar-refractivity contribution in [3.63, 3.8) is 0 Å². The fourth-order valence-corrected chi connectivity index (χ4v) is 4.79. The topological polar surface area (TPSA) is 55.4 Å². The quantitative estimate of drug-likeness (QED) is 0.123. The molecule has 0 radical (unpaired) electrons. The highest BCUT2D eigenvalue weighted by Gasteiger charge is 2.38. The van der Waals surface area contributed by atoms with Gasteiger partial charge in [-0.2, -0.15) is 13.2 Å². The Bertz CT molecular complexity index is 1910. The van der Waals surface area contributed by atoms with Gasteiger partial charge in [-0.15, -0.1) is 0 Å². The minimum Gasteiger partial charge on any atom is -0.487 e. The van der Waals surface area contributed by atoms with Gasteiger partial charge in [0.15, 0.2) is 17.5 Å². The number of hydrogen-bond acceptors (Lipinski definition) is 6. The summed E-state index contributed by atoms with van der Waals surface area (Å²) >= 11 is 0. The lowest BCUT2D eigenvalue weighted by Gasteiger charge is -2.32. The van der Waals surface area contributed by atoms with Gasteiger partial charge in [0.1, 0.15) is 34.7 Å². The van der Waals surface area contributed by atoms with Crippen LogP contribution in [0.1, 0.15) is 37.5 Å². The Labute approximate surface area is 291 Å². The third-order valence-corrected chi connectivity index (χ3v) is 8.04. The molecule has 3 aliphatic heterocycles. The molecule has 0 aliphatic carbocycles. The zero-order valence-corrected chi connectivity index (χ0v) is 27.4. The van der Waals surface area contributed by atoms with Gasteiger partial charge in [-0.1, -0.05) is 35.5 Å². The van der Waals surface area contributed by atoms with Crippen molar-refractivity contribution in [2.45, 2.75) is 20.8 Å². The van der Waals surface area contributed by atoms with Crippen molar-refractivity contribution in [1.29, 1.82) is 0 Å². The second kappa shape index (κ2) is 13.9. The van der Waals surface area contributed by atoms with E-state index < -0.39 is 110 Å². The predicted octanol–water partition coefficient (Wildman–Crippen LogP) is 6.62. The lowest BCUT2D eigenvalue weighted by Crippen LogP contribution is -2.38. The summed E-state index contributed by atoms with van der Waals surface area (Å²) in [5, 5.41) is 0. The summed E-state index contributed by atoms with van der Waals surface area (Å²) in [6.07, 6.45) is 0. The molecule has 3 heterocycles. The Morgan fingerprint density at radius 2 is 0.712 bits per heavy atom. The normalized spacial score (nSPS) is 17.3. The van der Waals surface area contributed by atoms with Crippen LogP contribution in [0.2, 0.25) is 0 Å². The highest BCUT2D eigenvalue weighted by Crippen LogP contribution is 2.33. The SMILES string of the molecule is CC1(C#Cc2c(F)cc(OB(Oc3cc(F)c(C#CC4(C)COC4)c(F)c3F)Oc3cc(F)c(C#CC4(C)COC4)c(F)c3F)c(F)c2F)COC1. The van der Waals surface area contributed by atoms with Crippen LogP contribution in [0.3, 0.4) is 0 Å². The summed E-state index contributed by atoms with van der Waals surface area (Å²) in [6.45, 7) is 5.83. The van der Waals surface area contributed by atoms with Gasteiger partial charge in [0, 0.05) is 18.2 Å². The molecule has 3 saturated heterocycles. The fourth-order valence-electron chi connectivity index (χ4n) is 4.79. The zero-order valence-electron chi connectivity index (χ0n) is 27.4. The first-order chi connectivity index (χ1) is 24.5. The van der Waals surface area contributed by atoms with Crippen molar-refractivity contribution in [3.05, 3.63) is 87.2 Å². The lowest BCUT2D eigenvalue weighted by atomic mass is 9.89. The molecule has 6 rings (SSSR count). The van der Waals surface area contributed by atoms with E-state index in [1.807, 2.05) is 0 Å². The highest BCUT2D eigenvalue weighted by atomic mass is 19.2. The monoisotopic (exact) mass is 734 g/mol. The molecule has 3 aliphatic rings. The maximum absolute atomic E-state index is 15.2. The molecule has 0 spiro atoms. The number of ether oxygens (including phenoxy) is 3. The third-order valence-electron chi connectivity index (χ3n) is 8.04. The smallest absolute Gasteiger partial charge is 0.487 e. The first-order valence-electron chi connectivity index (χ1n) is 15.4. The Kier molecular flexibility index (Phi) is 9.84. The average Bonchev–Trinajstić information content (AvgIpc) is 3.05. The molecule has 0 aromatic heterocycles. The highest BCUT2D eigenvalue weighted by molar-refractivity contribution is 6.39. The van der Waals surface area contributed by atoms with Gasteiger partial charge >= 0.3 is 7.32 Å². The summed E-state index contributed by atoms with van der Waals surface area (Å²) in [6, 6.07) is 0.803. The number of benzene rings is 3. The molecular formula is C36H24BF9O6. The molecule has 0 amide bonds. The summed E-state index contributed by atoms with van der Waals surface area (Å²) in [5.41, 5.74) is -5.30. The van der Waals surface area contributed by atoms with Gasteiger partial charge in [-0.05, 0) is 20.8 Å². The number of halogens is 9. The van der Waals surface area contributed by atoms with Crippen molar-refractivity contribution in [2.24, 2.45) is 16.2 Å². The molecule has 52 heavy (non-hydrogen) atoms. The Morgan fingerprint density at radius 3 is 0.923 bits per heavy atom. The minimum atomic E-state index is -2.82. The Morgan fingerprint density at radius 1 is 0.462 bits per heavy atom. The van der Waals surface area contributed by atoms with Gasteiger partial charge in [0.05, 0.1) is 72.6 Å². The molecule has 0 N–H and O–H groups in total. The van der Waals surface area contributed by atoms with E-state index in [-0.39, 0.29) is 57.8 Å². The molecule has 3 aromatic carbocycles. The van der Waals surface area contributed by atoms with Gasteiger partial charge in [-0.3, -0.25) is 0 Å². The van der Waals surface area contributed by atoms with Crippen molar-refractivity contribution < 1.29 is 67.7 Å². The van der Waals surface area contributed by atoms with Crippen LogP contribution in [0.15, 0.2) is 18.2 Å². The zero-order chi connectivity index (χ0) is 37.6. The van der Waals surface area contributed by atoms with Crippen LogP contribution in [-0.4, -0.2) is 47.0 Å². The van der Waals surface area contributed by atoms with E-state index in [9.17, 15) is 0 Å². The van der Waals surface area contributed by atoms with E-state index >= 15 is 39.5 Å². The van der Waals surface area contributed by atoms with E-state index in [0.29, 0.717) is 0 Å². The van der Waals surface area contributed by atoms with E-state index in [2.05, 4.69) is 35.5 Å². The van der Waals surface area contributed by atoms with E-state index in [1.54, 1.807) is 20.8 Å². The molecule has 6 nitrogen and oxygen atoms in total. The number of hydrogen-bond donors (Lipinski definition) is 0. The molecule has 3 aromatic rings. The third kappa shape index (κ3) is 7.35. The Balaban J connectivity index is 1.36. The first kappa shape index (κ1) is 36.8. The van der Waals surface area contributed by atoms with Crippen LogP contribution in [0, 0.1) is 104 Å². The average molecular weight is 734 g/mol. The molecule has 0 bridgehead atoms. The molecule has 0 saturated carbocycles. The predicted molar refractivity (Wildman–Crippen MR) is 164 cm³/mol. The van der Waals surface area contributed by atoms with Crippen LogP contribution in [-0.2, 0) is 14.2 Å². The van der Waals surface area contributed by atoms with E-state index in [1.165, 1.54) is 0 Å². The van der Waals surface area contributed by atoms with Crippen molar-refractivity contribution in [1.82, 2.24) is 0 Å². The van der Waals surface area contributed by atoms with Gasteiger partial charge < -0.3 is 28.2 Å². The van der Waals surface area contributed by atoms with Gasteiger partial charge in [-0.25, -0.2) is 26.3 Å². The van der Waals surface area contributed by atoms with Crippen LogP contribution in [0.25, 0.3) is 0 Å². The molecule has 3 fully saturated rings. The summed E-state index contributed by atoms with van der Waals surface area (Å²) < 4.78 is 166. The second-order valence-electron chi connectivity index (χ2n) is 13.1. The second-order valence-corrected chi connectivity index (χ2v) is 13.1. The fraction of sp³-hybridized carbons (Fsp3) is 0.333. The van der Waals surface area contributed by atoms with E-state index in [4.69, 9.17) is 28.2 Å². The molecular weight excluding hydrogens is 710 g/mol.